The molecule has 1 heterocycles. The van der Waals surface area contributed by atoms with E-state index < -0.39 is 10.0 Å². The van der Waals surface area contributed by atoms with Gasteiger partial charge in [-0.2, -0.15) is 4.31 Å². The highest BCUT2D eigenvalue weighted by Gasteiger charge is 2.49. The number of benzene rings is 1. The second-order valence-electron chi connectivity index (χ2n) is 9.46. The van der Waals surface area contributed by atoms with Gasteiger partial charge in [-0.3, -0.25) is 4.79 Å². The lowest BCUT2D eigenvalue weighted by molar-refractivity contribution is -0.130. The number of carbonyl (C=O) groups excluding carboxylic acids is 1. The van der Waals surface area contributed by atoms with E-state index >= 15 is 0 Å². The van der Waals surface area contributed by atoms with Crippen molar-refractivity contribution in [2.45, 2.75) is 55.9 Å². The van der Waals surface area contributed by atoms with E-state index in [4.69, 9.17) is 0 Å². The zero-order valence-corrected chi connectivity index (χ0v) is 17.1. The topological polar surface area (TPSA) is 66.5 Å². The Kier molecular flexibility index (Phi) is 4.74. The van der Waals surface area contributed by atoms with Gasteiger partial charge in [0.25, 0.3) is 0 Å². The standard InChI is InChI=1S/C22H30N2O3S/c25-22(23-21-18-11-15-10-16(13-18)14-19(21)12-15)17-6-8-24(9-7-17)28(26,27)20-4-2-1-3-5-20/h1-5,15-19,21H,6-14H2,(H,23,25). The molecule has 1 aromatic carbocycles. The quantitative estimate of drug-likeness (QED) is 0.842. The van der Waals surface area contributed by atoms with Gasteiger partial charge in [-0.15, -0.1) is 0 Å². The second kappa shape index (κ2) is 7.13. The minimum absolute atomic E-state index is 0.0561. The molecule has 0 radical (unpaired) electrons. The number of hydrogen-bond acceptors (Lipinski definition) is 3. The first kappa shape index (κ1) is 18.6. The zero-order valence-electron chi connectivity index (χ0n) is 16.3. The molecule has 6 heteroatoms. The van der Waals surface area contributed by atoms with Crippen LogP contribution in [0.1, 0.15) is 44.9 Å². The Morgan fingerprint density at radius 1 is 0.893 bits per heavy atom. The van der Waals surface area contributed by atoms with E-state index in [9.17, 15) is 13.2 Å². The van der Waals surface area contributed by atoms with Crippen LogP contribution in [0.15, 0.2) is 35.2 Å². The Morgan fingerprint density at radius 2 is 1.46 bits per heavy atom. The summed E-state index contributed by atoms with van der Waals surface area (Å²) in [5.74, 6) is 3.27. The molecule has 1 saturated heterocycles. The van der Waals surface area contributed by atoms with E-state index in [1.165, 1.54) is 36.4 Å². The molecule has 6 rings (SSSR count). The Morgan fingerprint density at radius 3 is 2.04 bits per heavy atom. The fraction of sp³-hybridized carbons (Fsp3) is 0.682. The van der Waals surface area contributed by atoms with Crippen LogP contribution >= 0.6 is 0 Å². The summed E-state index contributed by atoms with van der Waals surface area (Å²) < 4.78 is 27.1. The van der Waals surface area contributed by atoms with Crippen molar-refractivity contribution < 1.29 is 13.2 Å². The summed E-state index contributed by atoms with van der Waals surface area (Å²) >= 11 is 0. The third-order valence-corrected chi connectivity index (χ3v) is 9.65. The van der Waals surface area contributed by atoms with Crippen LogP contribution in [-0.2, 0) is 14.8 Å². The van der Waals surface area contributed by atoms with Crippen molar-refractivity contribution in [1.29, 1.82) is 0 Å². The van der Waals surface area contributed by atoms with Crippen molar-refractivity contribution in [2.24, 2.45) is 29.6 Å². The number of nitrogens with one attached hydrogen (secondary N) is 1. The largest absolute Gasteiger partial charge is 0.353 e. The highest BCUT2D eigenvalue weighted by Crippen LogP contribution is 2.53. The number of nitrogens with zero attached hydrogens (tertiary/aromatic N) is 1. The predicted octanol–water partition coefficient (Wildman–Crippen LogP) is 3.03. The van der Waals surface area contributed by atoms with Gasteiger partial charge in [-0.1, -0.05) is 18.2 Å². The first-order chi connectivity index (χ1) is 13.5. The first-order valence-electron chi connectivity index (χ1n) is 10.9. The summed E-state index contributed by atoms with van der Waals surface area (Å²) in [6, 6.07) is 8.96. The molecule has 0 atom stereocenters. The highest BCUT2D eigenvalue weighted by molar-refractivity contribution is 7.89. The molecule has 5 aliphatic rings. The average molecular weight is 403 g/mol. The van der Waals surface area contributed by atoms with Crippen LogP contribution in [0.2, 0.25) is 0 Å². The molecular weight excluding hydrogens is 372 g/mol. The second-order valence-corrected chi connectivity index (χ2v) is 11.4. The van der Waals surface area contributed by atoms with Crippen molar-refractivity contribution in [3.05, 3.63) is 30.3 Å². The van der Waals surface area contributed by atoms with E-state index in [0.29, 0.717) is 48.7 Å². The van der Waals surface area contributed by atoms with Crippen LogP contribution in [0.4, 0.5) is 0 Å². The zero-order chi connectivity index (χ0) is 19.3. The lowest BCUT2D eigenvalue weighted by Gasteiger charge is -2.54. The van der Waals surface area contributed by atoms with Gasteiger partial charge in [0.05, 0.1) is 4.90 Å². The van der Waals surface area contributed by atoms with Crippen molar-refractivity contribution in [2.75, 3.05) is 13.1 Å². The summed E-state index contributed by atoms with van der Waals surface area (Å²) in [6.07, 6.45) is 7.84. The summed E-state index contributed by atoms with van der Waals surface area (Å²) in [5.41, 5.74) is 0. The number of amides is 1. The van der Waals surface area contributed by atoms with Gasteiger partial charge in [0.2, 0.25) is 15.9 Å². The van der Waals surface area contributed by atoms with Gasteiger partial charge in [0, 0.05) is 25.0 Å². The third-order valence-electron chi connectivity index (χ3n) is 7.74. The Labute approximate surface area is 167 Å². The maximum Gasteiger partial charge on any atom is 0.243 e. The van der Waals surface area contributed by atoms with Crippen LogP contribution in [0, 0.1) is 29.6 Å². The fourth-order valence-electron chi connectivity index (χ4n) is 6.54. The minimum atomic E-state index is -3.45. The number of piperidine rings is 1. The molecule has 1 aromatic rings. The van der Waals surface area contributed by atoms with Gasteiger partial charge >= 0.3 is 0 Å². The first-order valence-corrected chi connectivity index (χ1v) is 12.3. The molecule has 28 heavy (non-hydrogen) atoms. The van der Waals surface area contributed by atoms with Crippen LogP contribution < -0.4 is 5.32 Å². The molecule has 1 N–H and O–H groups in total. The number of carbonyl (C=O) groups is 1. The molecule has 0 spiro atoms. The van der Waals surface area contributed by atoms with Crippen LogP contribution in [0.25, 0.3) is 0 Å². The maximum absolute atomic E-state index is 12.9. The Bertz CT molecular complexity index is 803. The summed E-state index contributed by atoms with van der Waals surface area (Å²) in [6.45, 7) is 0.855. The number of sulfonamides is 1. The van der Waals surface area contributed by atoms with Crippen LogP contribution in [0.3, 0.4) is 0 Å². The van der Waals surface area contributed by atoms with Crippen molar-refractivity contribution in [3.63, 3.8) is 0 Å². The van der Waals surface area contributed by atoms with Crippen molar-refractivity contribution in [3.8, 4) is 0 Å². The molecule has 152 valence electrons. The Hall–Kier alpha value is -1.40. The SMILES string of the molecule is O=C(NC1C2CC3CC(C2)CC1C3)C1CCN(S(=O)(=O)c2ccccc2)CC1. The molecule has 5 fully saturated rings. The average Bonchev–Trinajstić information content (AvgIpc) is 2.71. The molecular formula is C22H30N2O3S. The highest BCUT2D eigenvalue weighted by atomic mass is 32.2. The molecule has 4 saturated carbocycles. The van der Waals surface area contributed by atoms with E-state index in [1.54, 1.807) is 24.3 Å². The van der Waals surface area contributed by atoms with E-state index in [-0.39, 0.29) is 11.8 Å². The molecule has 1 aliphatic heterocycles. The van der Waals surface area contributed by atoms with E-state index in [0.717, 1.165) is 11.8 Å². The van der Waals surface area contributed by atoms with Crippen LogP contribution in [0.5, 0.6) is 0 Å². The van der Waals surface area contributed by atoms with Gasteiger partial charge in [-0.25, -0.2) is 8.42 Å². The van der Waals surface area contributed by atoms with Crippen LogP contribution in [-0.4, -0.2) is 37.8 Å². The van der Waals surface area contributed by atoms with Gasteiger partial charge in [0.1, 0.15) is 0 Å². The molecule has 5 nitrogen and oxygen atoms in total. The smallest absolute Gasteiger partial charge is 0.243 e. The maximum atomic E-state index is 12.9. The summed E-state index contributed by atoms with van der Waals surface area (Å²) in [5, 5.41) is 3.41. The van der Waals surface area contributed by atoms with E-state index in [2.05, 4.69) is 5.32 Å². The Balaban J connectivity index is 1.19. The molecule has 0 unspecified atom stereocenters. The third kappa shape index (κ3) is 3.28. The normalized spacial score (nSPS) is 35.8. The summed E-state index contributed by atoms with van der Waals surface area (Å²) in [7, 11) is -3.45. The van der Waals surface area contributed by atoms with Gasteiger partial charge in [-0.05, 0) is 80.8 Å². The van der Waals surface area contributed by atoms with E-state index in [1.807, 2.05) is 6.07 Å². The predicted molar refractivity (Wildman–Crippen MR) is 107 cm³/mol. The molecule has 0 aromatic heterocycles. The fourth-order valence-corrected chi connectivity index (χ4v) is 8.03. The number of rotatable bonds is 4. The summed E-state index contributed by atoms with van der Waals surface area (Å²) in [4.78, 5) is 13.3. The van der Waals surface area contributed by atoms with Gasteiger partial charge in [0.15, 0.2) is 0 Å². The number of hydrogen-bond donors (Lipinski definition) is 1. The molecule has 4 bridgehead atoms. The molecule has 4 aliphatic carbocycles. The lowest BCUT2D eigenvalue weighted by atomic mass is 9.54. The monoisotopic (exact) mass is 402 g/mol. The van der Waals surface area contributed by atoms with Crippen molar-refractivity contribution in [1.82, 2.24) is 9.62 Å². The molecule has 1 amide bonds. The lowest BCUT2D eigenvalue weighted by Crippen LogP contribution is -2.57. The van der Waals surface area contributed by atoms with Crippen molar-refractivity contribution >= 4 is 15.9 Å². The minimum Gasteiger partial charge on any atom is -0.353 e. The van der Waals surface area contributed by atoms with Gasteiger partial charge < -0.3 is 5.32 Å².